The van der Waals surface area contributed by atoms with Gasteiger partial charge in [0.2, 0.25) is 0 Å². The van der Waals surface area contributed by atoms with Gasteiger partial charge in [-0.25, -0.2) is 0 Å². The van der Waals surface area contributed by atoms with E-state index in [4.69, 9.17) is 19.3 Å². The van der Waals surface area contributed by atoms with E-state index < -0.39 is 0 Å². The van der Waals surface area contributed by atoms with E-state index in [1.165, 1.54) is 5.56 Å². The molecule has 4 heteroatoms. The first kappa shape index (κ1) is 14.0. The summed E-state index contributed by atoms with van der Waals surface area (Å²) >= 11 is 0. The van der Waals surface area contributed by atoms with Crippen molar-refractivity contribution < 1.29 is 13.6 Å². The Balaban J connectivity index is 2.29. The number of rotatable bonds is 5. The Morgan fingerprint density at radius 1 is 1.00 bits per heavy atom. The van der Waals surface area contributed by atoms with E-state index in [1.54, 1.807) is 7.11 Å². The zero-order valence-corrected chi connectivity index (χ0v) is 12.8. The predicted octanol–water partition coefficient (Wildman–Crippen LogP) is 4.09. The molecule has 21 heavy (non-hydrogen) atoms. The molecule has 0 amide bonds. The van der Waals surface area contributed by atoms with Gasteiger partial charge in [-0.15, -0.1) is 0 Å². The second-order valence-corrected chi connectivity index (χ2v) is 5.46. The summed E-state index contributed by atoms with van der Waals surface area (Å²) in [5.41, 5.74) is 8.53. The van der Waals surface area contributed by atoms with Crippen LogP contribution in [0, 0.1) is 13.8 Å². The van der Waals surface area contributed by atoms with Gasteiger partial charge in [-0.2, -0.15) is 0 Å². The maximum absolute atomic E-state index is 5.94. The van der Waals surface area contributed by atoms with Crippen molar-refractivity contribution in [1.82, 2.24) is 0 Å². The molecule has 2 aromatic heterocycles. The van der Waals surface area contributed by atoms with Crippen molar-refractivity contribution in [1.29, 1.82) is 0 Å². The summed E-state index contributed by atoms with van der Waals surface area (Å²) in [6.45, 7) is 4.62. The van der Waals surface area contributed by atoms with E-state index in [2.05, 4.69) is 6.07 Å². The molecule has 0 saturated heterocycles. The molecule has 0 atom stereocenters. The third kappa shape index (κ3) is 2.29. The number of fused-ring (bicyclic) bond motifs is 2. The summed E-state index contributed by atoms with van der Waals surface area (Å²) in [5.74, 6) is 2.52. The topological polar surface area (TPSA) is 61.5 Å². The highest BCUT2D eigenvalue weighted by atomic mass is 16.5. The maximum atomic E-state index is 5.94. The van der Waals surface area contributed by atoms with E-state index in [0.717, 1.165) is 58.5 Å². The Morgan fingerprint density at radius 2 is 1.67 bits per heavy atom. The van der Waals surface area contributed by atoms with Crippen LogP contribution in [0.1, 0.15) is 29.9 Å². The van der Waals surface area contributed by atoms with Gasteiger partial charge in [0.1, 0.15) is 17.1 Å². The van der Waals surface area contributed by atoms with Gasteiger partial charge < -0.3 is 19.3 Å². The SMILES string of the molecule is COc1c2cc(C)oc2c(CCCCN)c2cc(C)oc12. The van der Waals surface area contributed by atoms with E-state index in [1.807, 2.05) is 19.9 Å². The smallest absolute Gasteiger partial charge is 0.177 e. The fourth-order valence-electron chi connectivity index (χ4n) is 2.96. The Bertz CT molecular complexity index is 725. The first-order valence-electron chi connectivity index (χ1n) is 7.35. The maximum Gasteiger partial charge on any atom is 0.177 e. The minimum absolute atomic E-state index is 0.712. The molecule has 0 aliphatic heterocycles. The number of methoxy groups -OCH3 is 1. The third-order valence-electron chi connectivity index (χ3n) is 3.85. The molecule has 0 bridgehead atoms. The molecule has 3 rings (SSSR count). The largest absolute Gasteiger partial charge is 0.492 e. The minimum atomic E-state index is 0.712. The van der Waals surface area contributed by atoms with E-state index in [0.29, 0.717) is 6.54 Å². The van der Waals surface area contributed by atoms with E-state index in [9.17, 15) is 0 Å². The predicted molar refractivity (Wildman–Crippen MR) is 84.0 cm³/mol. The third-order valence-corrected chi connectivity index (χ3v) is 3.85. The van der Waals surface area contributed by atoms with Crippen LogP contribution in [0.5, 0.6) is 5.75 Å². The zero-order chi connectivity index (χ0) is 15.0. The van der Waals surface area contributed by atoms with Crippen molar-refractivity contribution in [3.63, 3.8) is 0 Å². The number of furan rings is 2. The van der Waals surface area contributed by atoms with Gasteiger partial charge >= 0.3 is 0 Å². The molecule has 2 N–H and O–H groups in total. The number of aryl methyl sites for hydroxylation is 3. The first-order chi connectivity index (χ1) is 10.2. The lowest BCUT2D eigenvalue weighted by atomic mass is 10.0. The fraction of sp³-hybridized carbons (Fsp3) is 0.412. The van der Waals surface area contributed by atoms with Crippen LogP contribution in [-0.2, 0) is 6.42 Å². The van der Waals surface area contributed by atoms with Crippen molar-refractivity contribution in [3.8, 4) is 5.75 Å². The molecular formula is C17H21NO3. The molecule has 1 aromatic carbocycles. The van der Waals surface area contributed by atoms with Gasteiger partial charge in [0.15, 0.2) is 11.3 Å². The molecular weight excluding hydrogens is 266 g/mol. The number of ether oxygens (including phenoxy) is 1. The first-order valence-corrected chi connectivity index (χ1v) is 7.35. The van der Waals surface area contributed by atoms with Gasteiger partial charge in [0, 0.05) is 10.9 Å². The number of unbranched alkanes of at least 4 members (excludes halogenated alkanes) is 1. The second kappa shape index (κ2) is 5.45. The molecule has 4 nitrogen and oxygen atoms in total. The van der Waals surface area contributed by atoms with Crippen molar-refractivity contribution in [2.75, 3.05) is 13.7 Å². The van der Waals surface area contributed by atoms with Crippen LogP contribution in [0.15, 0.2) is 21.0 Å². The highest BCUT2D eigenvalue weighted by Crippen LogP contribution is 2.41. The second-order valence-electron chi connectivity index (χ2n) is 5.46. The molecule has 0 aliphatic rings. The molecule has 0 saturated carbocycles. The van der Waals surface area contributed by atoms with Crippen LogP contribution >= 0.6 is 0 Å². The lowest BCUT2D eigenvalue weighted by molar-refractivity contribution is 0.413. The summed E-state index contributed by atoms with van der Waals surface area (Å²) in [5, 5.41) is 2.07. The number of nitrogens with two attached hydrogens (primary N) is 1. The zero-order valence-electron chi connectivity index (χ0n) is 12.8. The van der Waals surface area contributed by atoms with Crippen molar-refractivity contribution in [2.45, 2.75) is 33.1 Å². The summed E-state index contributed by atoms with van der Waals surface area (Å²) in [4.78, 5) is 0. The van der Waals surface area contributed by atoms with Crippen LogP contribution in [-0.4, -0.2) is 13.7 Å². The van der Waals surface area contributed by atoms with Crippen LogP contribution in [0.4, 0.5) is 0 Å². The highest BCUT2D eigenvalue weighted by molar-refractivity contribution is 6.04. The van der Waals surface area contributed by atoms with Crippen LogP contribution in [0.25, 0.3) is 21.9 Å². The van der Waals surface area contributed by atoms with Gasteiger partial charge in [0.05, 0.1) is 12.5 Å². The molecule has 0 fully saturated rings. The molecule has 0 unspecified atom stereocenters. The Kier molecular flexibility index (Phi) is 3.64. The standard InChI is InChI=1S/C17H21NO3/c1-10-8-13-12(6-4-5-7-18)15-14(9-11(2)20-15)16(19-3)17(13)21-10/h8-9H,4-7,18H2,1-3H3. The highest BCUT2D eigenvalue weighted by Gasteiger charge is 2.20. The van der Waals surface area contributed by atoms with E-state index in [-0.39, 0.29) is 0 Å². The van der Waals surface area contributed by atoms with Gasteiger partial charge in [-0.1, -0.05) is 0 Å². The van der Waals surface area contributed by atoms with Gasteiger partial charge in [0.25, 0.3) is 0 Å². The van der Waals surface area contributed by atoms with Crippen LogP contribution in [0.3, 0.4) is 0 Å². The van der Waals surface area contributed by atoms with Crippen molar-refractivity contribution in [2.24, 2.45) is 5.73 Å². The molecule has 2 heterocycles. The summed E-state index contributed by atoms with van der Waals surface area (Å²) in [6.07, 6.45) is 2.97. The Hall–Kier alpha value is -1.94. The number of hydrogen-bond acceptors (Lipinski definition) is 4. The average Bonchev–Trinajstić information content (AvgIpc) is 3.00. The lowest BCUT2D eigenvalue weighted by Gasteiger charge is -2.08. The molecule has 0 aliphatic carbocycles. The average molecular weight is 287 g/mol. The molecule has 3 aromatic rings. The fourth-order valence-corrected chi connectivity index (χ4v) is 2.96. The molecule has 0 radical (unpaired) electrons. The normalized spacial score (nSPS) is 11.6. The molecule has 0 spiro atoms. The lowest BCUT2D eigenvalue weighted by Crippen LogP contribution is -1.99. The summed E-state index contributed by atoms with van der Waals surface area (Å²) < 4.78 is 17.4. The van der Waals surface area contributed by atoms with Crippen LogP contribution in [0.2, 0.25) is 0 Å². The minimum Gasteiger partial charge on any atom is -0.492 e. The van der Waals surface area contributed by atoms with Crippen molar-refractivity contribution >= 4 is 21.9 Å². The summed E-state index contributed by atoms with van der Waals surface area (Å²) in [7, 11) is 1.67. The van der Waals surface area contributed by atoms with Gasteiger partial charge in [-0.3, -0.25) is 0 Å². The van der Waals surface area contributed by atoms with E-state index >= 15 is 0 Å². The quantitative estimate of drug-likeness (QED) is 0.718. The number of benzene rings is 1. The summed E-state index contributed by atoms with van der Waals surface area (Å²) in [6, 6.07) is 4.07. The Labute approximate surface area is 123 Å². The monoisotopic (exact) mass is 287 g/mol. The molecule has 112 valence electrons. The van der Waals surface area contributed by atoms with Crippen molar-refractivity contribution in [3.05, 3.63) is 29.2 Å². The van der Waals surface area contributed by atoms with Gasteiger partial charge in [-0.05, 0) is 51.8 Å². The number of hydrogen-bond donors (Lipinski definition) is 1. The Morgan fingerprint density at radius 3 is 2.33 bits per heavy atom. The van der Waals surface area contributed by atoms with Crippen LogP contribution < -0.4 is 10.5 Å².